The average molecular weight is 486 g/mol. The number of carbonyl (C=O) groups is 3. The Morgan fingerprint density at radius 2 is 1.69 bits per heavy atom. The second-order valence-corrected chi connectivity index (χ2v) is 8.62. The van der Waals surface area contributed by atoms with E-state index in [0.717, 1.165) is 5.69 Å². The molecule has 1 unspecified atom stereocenters. The van der Waals surface area contributed by atoms with E-state index in [0.29, 0.717) is 28.3 Å². The third kappa shape index (κ3) is 4.65. The number of amides is 2. The molecule has 2 N–H and O–H groups in total. The molecule has 4 rings (SSSR count). The van der Waals surface area contributed by atoms with Gasteiger partial charge in [-0.2, -0.15) is 0 Å². The lowest BCUT2D eigenvalue weighted by molar-refractivity contribution is -0.132. The van der Waals surface area contributed by atoms with Crippen LogP contribution in [0.25, 0.3) is 5.76 Å². The Morgan fingerprint density at radius 1 is 1.00 bits per heavy atom. The van der Waals surface area contributed by atoms with Crippen molar-refractivity contribution in [3.8, 4) is 5.75 Å². The topological polar surface area (TPSA) is 99.2 Å². The van der Waals surface area contributed by atoms with Gasteiger partial charge >= 0.3 is 0 Å². The van der Waals surface area contributed by atoms with Gasteiger partial charge in [0.15, 0.2) is 0 Å². The zero-order valence-electron chi connectivity index (χ0n) is 20.5. The zero-order valence-corrected chi connectivity index (χ0v) is 20.5. The summed E-state index contributed by atoms with van der Waals surface area (Å²) in [5.41, 5.74) is 2.81. The normalized spacial score (nSPS) is 16.7. The Balaban J connectivity index is 1.91. The summed E-state index contributed by atoms with van der Waals surface area (Å²) >= 11 is 0. The first-order valence-electron chi connectivity index (χ1n) is 11.3. The second kappa shape index (κ2) is 9.95. The van der Waals surface area contributed by atoms with Crippen molar-refractivity contribution < 1.29 is 24.2 Å². The molecule has 3 aromatic rings. The quantitative estimate of drug-likeness (QED) is 0.306. The number of nitrogens with one attached hydrogen (secondary N) is 1. The summed E-state index contributed by atoms with van der Waals surface area (Å²) in [6.45, 7) is 1.39. The Labute approximate surface area is 209 Å². The predicted molar refractivity (Wildman–Crippen MR) is 139 cm³/mol. The average Bonchev–Trinajstić information content (AvgIpc) is 3.13. The highest BCUT2D eigenvalue weighted by atomic mass is 16.5. The summed E-state index contributed by atoms with van der Waals surface area (Å²) in [6.07, 6.45) is 0. The lowest BCUT2D eigenvalue weighted by atomic mass is 9.94. The van der Waals surface area contributed by atoms with Gasteiger partial charge in [-0.1, -0.05) is 30.3 Å². The van der Waals surface area contributed by atoms with Crippen LogP contribution < -0.4 is 19.9 Å². The largest absolute Gasteiger partial charge is 0.507 e. The zero-order chi connectivity index (χ0) is 26.0. The first-order valence-corrected chi connectivity index (χ1v) is 11.3. The maximum absolute atomic E-state index is 13.4. The van der Waals surface area contributed by atoms with Gasteiger partial charge in [-0.3, -0.25) is 19.3 Å². The maximum atomic E-state index is 13.4. The molecule has 36 heavy (non-hydrogen) atoms. The van der Waals surface area contributed by atoms with E-state index in [1.54, 1.807) is 48.5 Å². The molecule has 1 aliphatic heterocycles. The van der Waals surface area contributed by atoms with Crippen LogP contribution in [0.5, 0.6) is 5.75 Å². The SMILES string of the molecule is COc1cccc(/C(O)=C2\C(=O)C(=O)N(c3cccc(NC(C)=O)c3)C2c2ccc(N(C)C)cc2)c1. The summed E-state index contributed by atoms with van der Waals surface area (Å²) < 4.78 is 5.26. The minimum Gasteiger partial charge on any atom is -0.507 e. The molecule has 0 saturated carbocycles. The van der Waals surface area contributed by atoms with Crippen LogP contribution in [0.1, 0.15) is 24.1 Å². The molecule has 8 heteroatoms. The second-order valence-electron chi connectivity index (χ2n) is 8.62. The number of nitrogens with zero attached hydrogens (tertiary/aromatic N) is 2. The van der Waals surface area contributed by atoms with Gasteiger partial charge in [0.2, 0.25) is 5.91 Å². The number of anilines is 3. The number of hydrogen-bond donors (Lipinski definition) is 2. The van der Waals surface area contributed by atoms with Gasteiger partial charge in [0.05, 0.1) is 18.7 Å². The molecule has 0 radical (unpaired) electrons. The highest BCUT2D eigenvalue weighted by Crippen LogP contribution is 2.43. The van der Waals surface area contributed by atoms with E-state index < -0.39 is 17.7 Å². The number of carbonyl (C=O) groups excluding carboxylic acids is 3. The van der Waals surface area contributed by atoms with Gasteiger partial charge in [0.1, 0.15) is 11.5 Å². The molecule has 0 spiro atoms. The van der Waals surface area contributed by atoms with Crippen molar-refractivity contribution in [1.82, 2.24) is 0 Å². The summed E-state index contributed by atoms with van der Waals surface area (Å²) in [7, 11) is 5.33. The predicted octanol–water partition coefficient (Wildman–Crippen LogP) is 4.35. The molecule has 184 valence electrons. The molecular formula is C28H27N3O5. The van der Waals surface area contributed by atoms with E-state index in [9.17, 15) is 19.5 Å². The van der Waals surface area contributed by atoms with Gasteiger partial charge in [-0.15, -0.1) is 0 Å². The van der Waals surface area contributed by atoms with Crippen molar-refractivity contribution in [2.75, 3.05) is 36.3 Å². The Kier molecular flexibility index (Phi) is 6.78. The lowest BCUT2D eigenvalue weighted by Crippen LogP contribution is -2.29. The van der Waals surface area contributed by atoms with Gasteiger partial charge < -0.3 is 20.1 Å². The monoisotopic (exact) mass is 485 g/mol. The number of ether oxygens (including phenoxy) is 1. The minimum atomic E-state index is -0.889. The fraction of sp³-hybridized carbons (Fsp3) is 0.179. The fourth-order valence-electron chi connectivity index (χ4n) is 4.23. The third-order valence-corrected chi connectivity index (χ3v) is 5.96. The molecule has 3 aromatic carbocycles. The first-order chi connectivity index (χ1) is 17.2. The molecule has 1 saturated heterocycles. The van der Waals surface area contributed by atoms with Gasteiger partial charge in [-0.25, -0.2) is 0 Å². The fourth-order valence-corrected chi connectivity index (χ4v) is 4.23. The van der Waals surface area contributed by atoms with Crippen LogP contribution in [0, 0.1) is 0 Å². The van der Waals surface area contributed by atoms with Crippen molar-refractivity contribution >= 4 is 40.4 Å². The molecule has 0 aliphatic carbocycles. The van der Waals surface area contributed by atoms with E-state index in [2.05, 4.69) is 5.32 Å². The molecule has 0 bridgehead atoms. The number of benzene rings is 3. The molecule has 8 nitrogen and oxygen atoms in total. The van der Waals surface area contributed by atoms with E-state index in [1.165, 1.54) is 18.9 Å². The third-order valence-electron chi connectivity index (χ3n) is 5.96. The summed E-state index contributed by atoms with van der Waals surface area (Å²) in [4.78, 5) is 41.6. The van der Waals surface area contributed by atoms with Crippen molar-refractivity contribution in [1.29, 1.82) is 0 Å². The van der Waals surface area contributed by atoms with Crippen molar-refractivity contribution in [2.24, 2.45) is 0 Å². The molecule has 1 aliphatic rings. The first kappa shape index (κ1) is 24.5. The molecule has 1 atom stereocenters. The van der Waals surface area contributed by atoms with E-state index in [4.69, 9.17) is 4.74 Å². The standard InChI is InChI=1S/C28H27N3O5/c1-17(32)29-20-8-6-9-22(16-20)31-25(18-11-13-21(14-12-18)30(2)3)24(27(34)28(31)35)26(33)19-7-5-10-23(15-19)36-4/h5-16,25,33H,1-4H3,(H,29,32)/b26-24+. The number of Topliss-reactive ketones (excluding diaryl/α,β-unsaturated/α-hetero) is 1. The van der Waals surface area contributed by atoms with Crippen molar-refractivity contribution in [3.63, 3.8) is 0 Å². The van der Waals surface area contributed by atoms with Crippen LogP contribution in [-0.4, -0.2) is 43.9 Å². The minimum absolute atomic E-state index is 0.0317. The molecule has 1 fully saturated rings. The molecule has 1 heterocycles. The van der Waals surface area contributed by atoms with E-state index >= 15 is 0 Å². The number of ketones is 1. The number of aliphatic hydroxyl groups is 1. The van der Waals surface area contributed by atoms with Crippen LogP contribution in [-0.2, 0) is 14.4 Å². The Morgan fingerprint density at radius 3 is 2.33 bits per heavy atom. The number of hydrogen-bond acceptors (Lipinski definition) is 6. The van der Waals surface area contributed by atoms with Crippen LogP contribution >= 0.6 is 0 Å². The summed E-state index contributed by atoms with van der Waals surface area (Å²) in [5.74, 6) is -1.64. The van der Waals surface area contributed by atoms with Crippen LogP contribution in [0.4, 0.5) is 17.1 Å². The van der Waals surface area contributed by atoms with Crippen molar-refractivity contribution in [2.45, 2.75) is 13.0 Å². The summed E-state index contributed by atoms with van der Waals surface area (Å²) in [6, 6.07) is 19.9. The summed E-state index contributed by atoms with van der Waals surface area (Å²) in [5, 5.41) is 14.0. The molecule has 2 amide bonds. The van der Waals surface area contributed by atoms with Crippen molar-refractivity contribution in [3.05, 3.63) is 89.5 Å². The smallest absolute Gasteiger partial charge is 0.300 e. The molecule has 0 aromatic heterocycles. The Bertz CT molecular complexity index is 1360. The number of methoxy groups -OCH3 is 1. The number of rotatable bonds is 6. The van der Waals surface area contributed by atoms with Crippen LogP contribution in [0.2, 0.25) is 0 Å². The molecular weight excluding hydrogens is 458 g/mol. The van der Waals surface area contributed by atoms with Crippen LogP contribution in [0.15, 0.2) is 78.4 Å². The van der Waals surface area contributed by atoms with E-state index in [-0.39, 0.29) is 17.2 Å². The highest BCUT2D eigenvalue weighted by molar-refractivity contribution is 6.51. The van der Waals surface area contributed by atoms with Gasteiger partial charge in [0, 0.05) is 43.6 Å². The van der Waals surface area contributed by atoms with Gasteiger partial charge in [-0.05, 0) is 48.0 Å². The maximum Gasteiger partial charge on any atom is 0.300 e. The Hall–Kier alpha value is -4.59. The van der Waals surface area contributed by atoms with Gasteiger partial charge in [0.25, 0.3) is 11.7 Å². The number of aliphatic hydroxyl groups excluding tert-OH is 1. The lowest BCUT2D eigenvalue weighted by Gasteiger charge is -2.26. The van der Waals surface area contributed by atoms with E-state index in [1.807, 2.05) is 43.3 Å². The van der Waals surface area contributed by atoms with Crippen LogP contribution in [0.3, 0.4) is 0 Å². The highest BCUT2D eigenvalue weighted by Gasteiger charge is 2.47.